The number of carbonyl (C=O) groups is 1. The minimum atomic E-state index is -0.561. The van der Waals surface area contributed by atoms with Gasteiger partial charge in [0.15, 0.2) is 5.79 Å². The van der Waals surface area contributed by atoms with Crippen LogP contribution in [0.5, 0.6) is 5.19 Å². The molecule has 1 aromatic heterocycles. The monoisotopic (exact) mass is 319 g/mol. The van der Waals surface area contributed by atoms with Gasteiger partial charge in [0.2, 0.25) is 5.16 Å². The Kier molecular flexibility index (Phi) is 4.84. The topological polar surface area (TPSA) is 73.8 Å². The van der Waals surface area contributed by atoms with E-state index in [0.717, 1.165) is 23.3 Å². The number of amides is 1. The van der Waals surface area contributed by atoms with Crippen LogP contribution >= 0.6 is 23.3 Å². The van der Waals surface area contributed by atoms with Crippen molar-refractivity contribution in [3.63, 3.8) is 0 Å². The molecule has 0 N–H and O–H groups in total. The number of carbonyl (C=O) groups excluding carboxylic acids is 1. The molecule has 1 aliphatic rings. The van der Waals surface area contributed by atoms with Crippen molar-refractivity contribution in [3.8, 4) is 5.19 Å². The average Bonchev–Trinajstić information content (AvgIpc) is 2.93. The van der Waals surface area contributed by atoms with Gasteiger partial charge in [0, 0.05) is 37.4 Å². The first-order chi connectivity index (χ1) is 9.35. The predicted molar refractivity (Wildman–Crippen MR) is 75.2 cm³/mol. The van der Waals surface area contributed by atoms with Crippen LogP contribution in [0.25, 0.3) is 0 Å². The van der Waals surface area contributed by atoms with Crippen LogP contribution in [0.3, 0.4) is 0 Å². The SMILES string of the molecule is CN(C)C(=O)Sc1nsc(OCC2COC(C)(C)O2)n1. The van der Waals surface area contributed by atoms with E-state index in [1.54, 1.807) is 14.1 Å². The summed E-state index contributed by atoms with van der Waals surface area (Å²) in [5.74, 6) is -0.561. The number of thioether (sulfide) groups is 1. The van der Waals surface area contributed by atoms with Crippen LogP contribution in [0.2, 0.25) is 0 Å². The molecule has 1 atom stereocenters. The number of hydrogen-bond donors (Lipinski definition) is 0. The largest absolute Gasteiger partial charge is 0.466 e. The fourth-order valence-corrected chi connectivity index (χ4v) is 2.71. The first-order valence-corrected chi connectivity index (χ1v) is 7.62. The normalized spacial score (nSPS) is 20.9. The Hall–Kier alpha value is -0.900. The van der Waals surface area contributed by atoms with Crippen molar-refractivity contribution in [1.82, 2.24) is 14.3 Å². The summed E-state index contributed by atoms with van der Waals surface area (Å²) in [4.78, 5) is 17.1. The van der Waals surface area contributed by atoms with Gasteiger partial charge >= 0.3 is 0 Å². The minimum Gasteiger partial charge on any atom is -0.466 e. The van der Waals surface area contributed by atoms with Crippen molar-refractivity contribution in [3.05, 3.63) is 0 Å². The third-order valence-corrected chi connectivity index (χ3v) is 4.04. The van der Waals surface area contributed by atoms with Crippen LogP contribution in [-0.4, -0.2) is 58.7 Å². The van der Waals surface area contributed by atoms with Crippen molar-refractivity contribution < 1.29 is 19.0 Å². The molecule has 0 aliphatic carbocycles. The quantitative estimate of drug-likeness (QED) is 0.784. The zero-order valence-electron chi connectivity index (χ0n) is 11.8. The smallest absolute Gasteiger partial charge is 0.294 e. The second-order valence-electron chi connectivity index (χ2n) is 4.87. The molecule has 2 rings (SSSR count). The molecule has 1 unspecified atom stereocenters. The van der Waals surface area contributed by atoms with Crippen LogP contribution in [-0.2, 0) is 9.47 Å². The molecule has 1 aromatic rings. The maximum Gasteiger partial charge on any atom is 0.294 e. The molecule has 7 nitrogen and oxygen atoms in total. The summed E-state index contributed by atoms with van der Waals surface area (Å²) in [6.07, 6.45) is -0.117. The van der Waals surface area contributed by atoms with Gasteiger partial charge in [-0.1, -0.05) is 0 Å². The summed E-state index contributed by atoms with van der Waals surface area (Å²) >= 11 is 2.08. The van der Waals surface area contributed by atoms with Gasteiger partial charge in [-0.05, 0) is 13.8 Å². The van der Waals surface area contributed by atoms with Crippen molar-refractivity contribution in [2.45, 2.75) is 30.9 Å². The molecule has 112 valence electrons. The van der Waals surface area contributed by atoms with Crippen molar-refractivity contribution in [1.29, 1.82) is 0 Å². The molecular formula is C11H17N3O4S2. The highest BCUT2D eigenvalue weighted by Crippen LogP contribution is 2.25. The molecule has 0 aromatic carbocycles. The van der Waals surface area contributed by atoms with E-state index in [4.69, 9.17) is 14.2 Å². The van der Waals surface area contributed by atoms with Crippen LogP contribution < -0.4 is 4.74 Å². The third-order valence-electron chi connectivity index (χ3n) is 2.39. The van der Waals surface area contributed by atoms with Gasteiger partial charge in [-0.3, -0.25) is 4.79 Å². The van der Waals surface area contributed by atoms with E-state index in [2.05, 4.69) is 9.36 Å². The van der Waals surface area contributed by atoms with E-state index in [1.165, 1.54) is 4.90 Å². The van der Waals surface area contributed by atoms with Crippen LogP contribution in [0.15, 0.2) is 5.16 Å². The maximum absolute atomic E-state index is 11.5. The zero-order chi connectivity index (χ0) is 14.8. The van der Waals surface area contributed by atoms with Gasteiger partial charge < -0.3 is 19.1 Å². The molecule has 0 saturated carbocycles. The van der Waals surface area contributed by atoms with E-state index in [1.807, 2.05) is 13.8 Å². The lowest BCUT2D eigenvalue weighted by Gasteiger charge is -2.16. The number of aromatic nitrogens is 2. The lowest BCUT2D eigenvalue weighted by atomic mass is 10.4. The highest BCUT2D eigenvalue weighted by Gasteiger charge is 2.33. The van der Waals surface area contributed by atoms with Crippen molar-refractivity contribution >= 4 is 28.5 Å². The molecule has 2 heterocycles. The summed E-state index contributed by atoms with van der Waals surface area (Å²) in [5, 5.41) is 0.698. The Balaban J connectivity index is 1.80. The first kappa shape index (κ1) is 15.5. The van der Waals surface area contributed by atoms with Gasteiger partial charge in [-0.2, -0.15) is 9.36 Å². The number of ether oxygens (including phenoxy) is 3. The fourth-order valence-electron chi connectivity index (χ4n) is 1.48. The fraction of sp³-hybridized carbons (Fsp3) is 0.727. The van der Waals surface area contributed by atoms with E-state index < -0.39 is 5.79 Å². The van der Waals surface area contributed by atoms with E-state index in [0.29, 0.717) is 23.6 Å². The molecule has 0 spiro atoms. The standard InChI is InChI=1S/C11H17N3O4S2/c1-11(2)17-6-7(18-11)5-16-9-12-8(13-20-9)19-10(15)14(3)4/h7H,5-6H2,1-4H3. The summed E-state index contributed by atoms with van der Waals surface area (Å²) in [6.45, 7) is 4.57. The highest BCUT2D eigenvalue weighted by molar-refractivity contribution is 8.13. The molecule has 1 fully saturated rings. The molecule has 9 heteroatoms. The zero-order valence-corrected chi connectivity index (χ0v) is 13.4. The minimum absolute atomic E-state index is 0.117. The number of nitrogens with zero attached hydrogens (tertiary/aromatic N) is 3. The molecule has 0 bridgehead atoms. The molecule has 1 amide bonds. The predicted octanol–water partition coefficient (Wildman–Crippen LogP) is 1.84. The highest BCUT2D eigenvalue weighted by atomic mass is 32.2. The molecular weight excluding hydrogens is 302 g/mol. The Bertz CT molecular complexity index is 478. The lowest BCUT2D eigenvalue weighted by Crippen LogP contribution is -2.25. The first-order valence-electron chi connectivity index (χ1n) is 6.03. The summed E-state index contributed by atoms with van der Waals surface area (Å²) in [7, 11) is 3.36. The Labute approximate surface area is 125 Å². The van der Waals surface area contributed by atoms with Crippen LogP contribution in [0, 0.1) is 0 Å². The summed E-state index contributed by atoms with van der Waals surface area (Å²) in [6, 6.07) is 0. The van der Waals surface area contributed by atoms with E-state index in [-0.39, 0.29) is 11.3 Å². The summed E-state index contributed by atoms with van der Waals surface area (Å²) in [5.41, 5.74) is 0. The van der Waals surface area contributed by atoms with Gasteiger partial charge in [0.05, 0.1) is 6.61 Å². The van der Waals surface area contributed by atoms with Crippen LogP contribution in [0.4, 0.5) is 4.79 Å². The Morgan fingerprint density at radius 1 is 1.60 bits per heavy atom. The molecule has 20 heavy (non-hydrogen) atoms. The van der Waals surface area contributed by atoms with Gasteiger partial charge in [0.1, 0.15) is 12.7 Å². The maximum atomic E-state index is 11.5. The average molecular weight is 319 g/mol. The molecule has 1 aliphatic heterocycles. The van der Waals surface area contributed by atoms with Gasteiger partial charge in [-0.15, -0.1) is 0 Å². The second-order valence-corrected chi connectivity index (χ2v) is 6.50. The van der Waals surface area contributed by atoms with Crippen molar-refractivity contribution in [2.24, 2.45) is 0 Å². The van der Waals surface area contributed by atoms with E-state index >= 15 is 0 Å². The summed E-state index contributed by atoms with van der Waals surface area (Å²) < 4.78 is 20.6. The van der Waals surface area contributed by atoms with E-state index in [9.17, 15) is 4.79 Å². The van der Waals surface area contributed by atoms with Crippen LogP contribution in [0.1, 0.15) is 13.8 Å². The van der Waals surface area contributed by atoms with Gasteiger partial charge in [-0.25, -0.2) is 0 Å². The Morgan fingerprint density at radius 3 is 2.95 bits per heavy atom. The number of hydrogen-bond acceptors (Lipinski definition) is 8. The van der Waals surface area contributed by atoms with Crippen molar-refractivity contribution in [2.75, 3.05) is 27.3 Å². The van der Waals surface area contributed by atoms with Gasteiger partial charge in [0.25, 0.3) is 10.4 Å². The number of rotatable bonds is 4. The molecule has 0 radical (unpaired) electrons. The third kappa shape index (κ3) is 4.30. The second kappa shape index (κ2) is 6.25. The lowest BCUT2D eigenvalue weighted by molar-refractivity contribution is -0.141. The molecule has 1 saturated heterocycles. The Morgan fingerprint density at radius 2 is 2.35 bits per heavy atom.